The van der Waals surface area contributed by atoms with Crippen molar-refractivity contribution in [3.05, 3.63) is 528 Å². The lowest BCUT2D eigenvalue weighted by Gasteiger charge is -2.17. The van der Waals surface area contributed by atoms with Crippen molar-refractivity contribution in [3.63, 3.8) is 0 Å². The minimum Gasteiger partial charge on any atom is -0.493 e. The molecule has 22 aromatic carbocycles. The molecular formula is C131H104O14. The lowest BCUT2D eigenvalue weighted by molar-refractivity contribution is -0.135. The fourth-order valence-electron chi connectivity index (χ4n) is 18.1. The molecule has 0 radical (unpaired) electrons. The van der Waals surface area contributed by atoms with Crippen LogP contribution >= 0.6 is 0 Å². The van der Waals surface area contributed by atoms with Gasteiger partial charge < -0.3 is 46.7 Å². The van der Waals surface area contributed by atoms with E-state index in [1.807, 2.05) is 140 Å². The molecule has 0 atom stereocenters. The highest BCUT2D eigenvalue weighted by Gasteiger charge is 2.19. The molecule has 0 N–H and O–H groups in total. The van der Waals surface area contributed by atoms with E-state index in [0.29, 0.717) is 44.0 Å². The second kappa shape index (κ2) is 47.8. The van der Waals surface area contributed by atoms with Gasteiger partial charge in [-0.25, -0.2) is 14.4 Å². The number of fused-ring (bicyclic) bond motifs is 16. The Hall–Kier alpha value is -18.0. The first kappa shape index (κ1) is 95.9. The van der Waals surface area contributed by atoms with E-state index < -0.39 is 0 Å². The molecule has 2 aromatic heterocycles. The standard InChI is InChI=1S/C18H12.C16H10.2C14H10.C9H8O2.C9H6O2.C9H8O2.C9H6O2.2C9H10O.C8H8O2.C7H6O2/c1-2-6-14-10-18-12-16-8-4-3-7-15(16)11-17(18)9-13(14)5-1;1-3-11-7-9-13-5-2-6-14-10-8-12(4-1)15(11)16(13)14;1-3-7-13-11(5-1)9-10-12-6-2-4-8-14(12)13;1-2-6-12-10-14-8-4-3-7-13(14)9-11(12)5-1;2*10-9-8-4-2-1-3-7(8)5-6-11-9;2*10-9-6-5-7-3-1-2-4-8(7)11-9;1-2-6-9-8(4-1)5-3-7-10-9;1-2-4-9-7-10-6-5-8(9)3-1;1-2-4-8-7(3-1)9-5-6-10-8;1-2-4-7-6(3-1)8-5-9-7/h1-12H;1-10H;2*1-10H;1-4H,5-6H2;1-6H;1-4H,5-6H2;1-6H;1-2,4,6H,3,5,7H2;1-4H,5-7H2;1-4H,5-6H2;1-4H,5H2. The maximum atomic E-state index is 11.1. The Morgan fingerprint density at radius 3 is 1.06 bits per heavy atom. The first-order chi connectivity index (χ1) is 71.6. The van der Waals surface area contributed by atoms with Gasteiger partial charge in [0.2, 0.25) is 6.79 Å². The monoisotopic (exact) mass is 1900 g/mol. The lowest BCUT2D eigenvalue weighted by Crippen LogP contribution is -2.16. The summed E-state index contributed by atoms with van der Waals surface area (Å²) < 4.78 is 50.9. The molecule has 8 heterocycles. The number of benzene rings is 22. The van der Waals surface area contributed by atoms with Gasteiger partial charge in [-0.05, 0) is 270 Å². The van der Waals surface area contributed by atoms with Gasteiger partial charge >= 0.3 is 23.2 Å². The SMILES string of the molecule is O=C1CCc2ccccc2O1.O=C1OCCc2ccccc21.O=c1ccc2ccccc2o1.O=c1occc2ccccc12.c1cc2ccc3cccc4ccc(c1)c2c34.c1ccc2c(c1)CCCO2.c1ccc2c(c1)CCOC2.c1ccc2c(c1)OCCO2.c1ccc2c(c1)OCO2.c1ccc2c(c1)ccc1ccccc12.c1ccc2cc3cc4ccccc4cc3cc2c1.c1ccc2cc3ccccc3cc2c1. The van der Waals surface area contributed by atoms with Crippen LogP contribution in [0.25, 0.3) is 129 Å². The van der Waals surface area contributed by atoms with Crippen LogP contribution in [0.2, 0.25) is 0 Å². The number of para-hydroxylation sites is 7. The van der Waals surface area contributed by atoms with Gasteiger partial charge in [0.25, 0.3) is 0 Å². The van der Waals surface area contributed by atoms with Crippen molar-refractivity contribution in [2.45, 2.75) is 45.1 Å². The summed E-state index contributed by atoms with van der Waals surface area (Å²) in [5.41, 5.74) is 7.18. The number of ether oxygens (including phenoxy) is 8. The van der Waals surface area contributed by atoms with E-state index in [-0.39, 0.29) is 23.2 Å². The zero-order valence-electron chi connectivity index (χ0n) is 79.9. The summed E-state index contributed by atoms with van der Waals surface area (Å²) in [6.45, 7) is 4.79. The maximum Gasteiger partial charge on any atom is 0.343 e. The van der Waals surface area contributed by atoms with Gasteiger partial charge in [0.1, 0.15) is 30.3 Å². The molecular weight excluding hydrogens is 1800 g/mol. The van der Waals surface area contributed by atoms with Crippen molar-refractivity contribution in [2.24, 2.45) is 0 Å². The van der Waals surface area contributed by atoms with Crippen LogP contribution in [0, 0.1) is 0 Å². The second-order valence-electron chi connectivity index (χ2n) is 34.9. The minimum atomic E-state index is -0.302. The molecule has 6 aliphatic heterocycles. The van der Waals surface area contributed by atoms with Crippen molar-refractivity contribution in [3.8, 4) is 34.5 Å². The Morgan fingerprint density at radius 1 is 0.214 bits per heavy atom. The van der Waals surface area contributed by atoms with E-state index >= 15 is 0 Å². The van der Waals surface area contributed by atoms with Gasteiger partial charge in [0.05, 0.1) is 50.1 Å². The first-order valence-corrected chi connectivity index (χ1v) is 48.8. The van der Waals surface area contributed by atoms with Gasteiger partial charge in [-0.15, -0.1) is 0 Å². The molecule has 0 saturated carbocycles. The van der Waals surface area contributed by atoms with Gasteiger partial charge in [0, 0.05) is 17.9 Å². The number of carbonyl (C=O) groups is 2. The van der Waals surface area contributed by atoms with Gasteiger partial charge in [-0.3, -0.25) is 4.79 Å². The Morgan fingerprint density at radius 2 is 0.572 bits per heavy atom. The molecule has 0 bridgehead atoms. The van der Waals surface area contributed by atoms with E-state index in [2.05, 4.69) is 296 Å². The Bertz CT molecular complexity index is 8040. The molecule has 0 aliphatic carbocycles. The van der Waals surface area contributed by atoms with E-state index in [1.165, 1.54) is 143 Å². The van der Waals surface area contributed by atoms with Crippen LogP contribution in [-0.2, 0) is 46.6 Å². The highest BCUT2D eigenvalue weighted by Crippen LogP contribution is 2.37. The third kappa shape index (κ3) is 24.7. The minimum absolute atomic E-state index is 0.122. The lowest BCUT2D eigenvalue weighted by atomic mass is 9.95. The Balaban J connectivity index is 0.000000100. The van der Waals surface area contributed by atoms with Crippen LogP contribution in [-0.4, -0.2) is 51.8 Å². The Labute approximate surface area is 839 Å². The second-order valence-corrected chi connectivity index (χ2v) is 34.9. The van der Waals surface area contributed by atoms with E-state index in [1.54, 1.807) is 30.3 Å². The zero-order valence-corrected chi connectivity index (χ0v) is 79.9. The van der Waals surface area contributed by atoms with Crippen molar-refractivity contribution >= 4 is 141 Å². The fourth-order valence-corrected chi connectivity index (χ4v) is 18.1. The van der Waals surface area contributed by atoms with E-state index in [0.717, 1.165) is 107 Å². The zero-order chi connectivity index (χ0) is 98.5. The number of carbonyl (C=O) groups excluding carboxylic acids is 2. The van der Waals surface area contributed by atoms with Crippen molar-refractivity contribution in [1.29, 1.82) is 0 Å². The molecule has 0 spiro atoms. The average molecular weight is 1900 g/mol. The first-order valence-electron chi connectivity index (χ1n) is 48.8. The topological polar surface area (TPSA) is 168 Å². The summed E-state index contributed by atoms with van der Waals surface area (Å²) in [5, 5.41) is 29.0. The molecule has 0 saturated heterocycles. The summed E-state index contributed by atoms with van der Waals surface area (Å²) in [4.78, 5) is 43.6. The van der Waals surface area contributed by atoms with Gasteiger partial charge in [0.15, 0.2) is 23.0 Å². The average Bonchev–Trinajstić information content (AvgIpc) is 0.840. The van der Waals surface area contributed by atoms with Crippen LogP contribution in [0.15, 0.2) is 492 Å². The van der Waals surface area contributed by atoms with E-state index in [9.17, 15) is 19.2 Å². The number of rotatable bonds is 0. The number of hydrogen-bond acceptors (Lipinski definition) is 14. The number of hydrogen-bond donors (Lipinski definition) is 0. The number of cyclic esters (lactones) is 1. The van der Waals surface area contributed by atoms with Crippen LogP contribution < -0.4 is 39.7 Å². The predicted molar refractivity (Wildman–Crippen MR) is 588 cm³/mol. The normalized spacial score (nSPS) is 12.8. The van der Waals surface area contributed by atoms with Crippen molar-refractivity contribution in [2.75, 3.05) is 39.8 Å². The maximum absolute atomic E-state index is 11.1. The summed E-state index contributed by atoms with van der Waals surface area (Å²) in [6.07, 6.45) is 7.00. The predicted octanol–water partition coefficient (Wildman–Crippen LogP) is 30.9. The van der Waals surface area contributed by atoms with Crippen molar-refractivity contribution in [1.82, 2.24) is 0 Å². The quantitative estimate of drug-likeness (QED) is 0.0462. The summed E-state index contributed by atoms with van der Waals surface area (Å²) in [5.74, 6) is 4.89. The fraction of sp³-hybridized carbons (Fsp3) is 0.0992. The van der Waals surface area contributed by atoms with Crippen LogP contribution in [0.4, 0.5) is 0 Å². The van der Waals surface area contributed by atoms with Crippen molar-refractivity contribution < 1.29 is 56.3 Å². The molecule has 0 unspecified atom stereocenters. The molecule has 0 fully saturated rings. The molecule has 30 rings (SSSR count). The van der Waals surface area contributed by atoms with Crippen LogP contribution in [0.5, 0.6) is 34.5 Å². The smallest absolute Gasteiger partial charge is 0.343 e. The molecule has 14 heteroatoms. The van der Waals surface area contributed by atoms with Crippen LogP contribution in [0.1, 0.15) is 51.0 Å². The molecule has 24 aromatic rings. The van der Waals surface area contributed by atoms with Gasteiger partial charge in [-0.2, -0.15) is 0 Å². The summed E-state index contributed by atoms with van der Waals surface area (Å²) >= 11 is 0. The molecule has 712 valence electrons. The molecule has 6 aliphatic rings. The third-order valence-corrected chi connectivity index (χ3v) is 25.4. The van der Waals surface area contributed by atoms with Crippen LogP contribution in [0.3, 0.4) is 0 Å². The molecule has 145 heavy (non-hydrogen) atoms. The van der Waals surface area contributed by atoms with Gasteiger partial charge in [-0.1, -0.05) is 358 Å². The molecule has 14 nitrogen and oxygen atoms in total. The largest absolute Gasteiger partial charge is 0.493 e. The van der Waals surface area contributed by atoms with E-state index in [4.69, 9.17) is 42.3 Å². The molecule has 0 amide bonds. The summed E-state index contributed by atoms with van der Waals surface area (Å²) in [6, 6.07) is 158. The highest BCUT2D eigenvalue weighted by atomic mass is 16.7. The highest BCUT2D eigenvalue weighted by molar-refractivity contribution is 6.23. The summed E-state index contributed by atoms with van der Waals surface area (Å²) in [7, 11) is 0. The number of esters is 2. The third-order valence-electron chi connectivity index (χ3n) is 25.4. The Kier molecular flexibility index (Phi) is 31.6. The number of aryl methyl sites for hydroxylation is 2.